The maximum absolute atomic E-state index is 14.3. The van der Waals surface area contributed by atoms with Crippen LogP contribution in [0.5, 0.6) is 11.8 Å². The van der Waals surface area contributed by atoms with Crippen LogP contribution in [0.2, 0.25) is 0 Å². The molecule has 1 amide bonds. The third-order valence-corrected chi connectivity index (χ3v) is 4.65. The zero-order valence-corrected chi connectivity index (χ0v) is 14.7. The van der Waals surface area contributed by atoms with Crippen LogP contribution in [0.15, 0.2) is 6.07 Å². The molecule has 1 saturated heterocycles. The maximum atomic E-state index is 14.3. The molecule has 1 aromatic rings. The van der Waals surface area contributed by atoms with Crippen molar-refractivity contribution in [2.24, 2.45) is 0 Å². The second-order valence-corrected chi connectivity index (χ2v) is 6.79. The number of carbonyl (C=O) groups is 1. The highest BCUT2D eigenvalue weighted by molar-refractivity contribution is 5.82. The molecule has 1 aliphatic carbocycles. The van der Waals surface area contributed by atoms with Gasteiger partial charge in [-0.25, -0.2) is 13.2 Å². The maximum Gasteiger partial charge on any atom is 0.255 e. The van der Waals surface area contributed by atoms with Crippen molar-refractivity contribution in [2.45, 2.75) is 50.3 Å². The van der Waals surface area contributed by atoms with Gasteiger partial charge < -0.3 is 19.7 Å². The van der Waals surface area contributed by atoms with E-state index in [-0.39, 0.29) is 30.3 Å². The lowest BCUT2D eigenvalue weighted by Gasteiger charge is -2.34. The smallest absolute Gasteiger partial charge is 0.255 e. The molecule has 144 valence electrons. The van der Waals surface area contributed by atoms with E-state index >= 15 is 0 Å². The van der Waals surface area contributed by atoms with Crippen molar-refractivity contribution in [2.75, 3.05) is 20.7 Å². The Kier molecular flexibility index (Phi) is 5.27. The van der Waals surface area contributed by atoms with E-state index in [0.29, 0.717) is 5.56 Å². The van der Waals surface area contributed by atoms with Crippen LogP contribution < -0.4 is 14.8 Å². The number of likely N-dealkylation sites (N-methyl/N-ethyl adjacent to an activating group) is 1. The number of pyridine rings is 1. The summed E-state index contributed by atoms with van der Waals surface area (Å²) in [5.41, 5.74) is 0.380. The minimum Gasteiger partial charge on any atom is -0.481 e. The minimum atomic E-state index is -2.76. The van der Waals surface area contributed by atoms with Crippen molar-refractivity contribution in [3.63, 3.8) is 0 Å². The number of aromatic nitrogens is 1. The minimum absolute atomic E-state index is 0.0815. The molecule has 1 atom stereocenters. The number of nitrogens with zero attached hydrogens (tertiary/aromatic N) is 2. The monoisotopic (exact) mass is 373 g/mol. The third kappa shape index (κ3) is 4.03. The Hall–Kier alpha value is -2.03. The summed E-state index contributed by atoms with van der Waals surface area (Å²) in [5.74, 6) is -3.87. The van der Waals surface area contributed by atoms with E-state index in [1.807, 2.05) is 0 Å². The number of methoxy groups -OCH3 is 1. The fraction of sp³-hybridized carbons (Fsp3) is 0.647. The molecule has 2 aliphatic rings. The van der Waals surface area contributed by atoms with Crippen molar-refractivity contribution in [1.82, 2.24) is 15.2 Å². The number of halogens is 3. The summed E-state index contributed by atoms with van der Waals surface area (Å²) in [6, 6.07) is 0.941. The zero-order chi connectivity index (χ0) is 18.9. The molecule has 2 heterocycles. The van der Waals surface area contributed by atoms with E-state index in [0.717, 1.165) is 19.4 Å². The van der Waals surface area contributed by atoms with Gasteiger partial charge in [-0.15, -0.1) is 0 Å². The van der Waals surface area contributed by atoms with Gasteiger partial charge >= 0.3 is 0 Å². The lowest BCUT2D eigenvalue weighted by molar-refractivity contribution is -0.136. The van der Waals surface area contributed by atoms with Crippen LogP contribution in [0.3, 0.4) is 0 Å². The topological polar surface area (TPSA) is 63.7 Å². The average molecular weight is 373 g/mol. The van der Waals surface area contributed by atoms with Gasteiger partial charge in [0.25, 0.3) is 11.8 Å². The quantitative estimate of drug-likeness (QED) is 0.828. The van der Waals surface area contributed by atoms with Gasteiger partial charge in [0.15, 0.2) is 5.82 Å². The Bertz CT molecular complexity index is 673. The second-order valence-electron chi connectivity index (χ2n) is 6.79. The number of carbonyl (C=O) groups excluding carboxylic acids is 1. The van der Waals surface area contributed by atoms with E-state index in [9.17, 15) is 18.0 Å². The largest absolute Gasteiger partial charge is 0.481 e. The highest BCUT2D eigenvalue weighted by atomic mass is 19.3. The molecule has 9 heteroatoms. The molecule has 1 saturated carbocycles. The van der Waals surface area contributed by atoms with Gasteiger partial charge in [0.1, 0.15) is 6.10 Å². The van der Waals surface area contributed by atoms with Gasteiger partial charge in [0.05, 0.1) is 19.7 Å². The van der Waals surface area contributed by atoms with E-state index < -0.39 is 30.7 Å². The molecule has 0 spiro atoms. The van der Waals surface area contributed by atoms with Crippen molar-refractivity contribution in [3.8, 4) is 11.8 Å². The Labute approximate surface area is 149 Å². The first-order valence-electron chi connectivity index (χ1n) is 8.55. The zero-order valence-electron chi connectivity index (χ0n) is 14.7. The molecule has 0 bridgehead atoms. The molecule has 1 aliphatic heterocycles. The van der Waals surface area contributed by atoms with Crippen molar-refractivity contribution >= 4 is 5.91 Å². The van der Waals surface area contributed by atoms with Crippen molar-refractivity contribution < 1.29 is 27.4 Å². The van der Waals surface area contributed by atoms with Crippen molar-refractivity contribution in [3.05, 3.63) is 17.4 Å². The highest BCUT2D eigenvalue weighted by Gasteiger charge is 2.47. The predicted octanol–water partition coefficient (Wildman–Crippen LogP) is 2.12. The van der Waals surface area contributed by atoms with Crippen LogP contribution in [0.4, 0.5) is 13.2 Å². The molecule has 6 nitrogen and oxygen atoms in total. The van der Waals surface area contributed by atoms with Crippen molar-refractivity contribution in [1.29, 1.82) is 0 Å². The molecule has 1 aromatic heterocycles. The van der Waals surface area contributed by atoms with Gasteiger partial charge in [0, 0.05) is 25.5 Å². The predicted molar refractivity (Wildman–Crippen MR) is 86.8 cm³/mol. The highest BCUT2D eigenvalue weighted by Crippen LogP contribution is 2.40. The van der Waals surface area contributed by atoms with E-state index in [2.05, 4.69) is 10.3 Å². The van der Waals surface area contributed by atoms with E-state index in [4.69, 9.17) is 9.47 Å². The number of ether oxygens (including phenoxy) is 2. The Balaban J connectivity index is 1.69. The summed E-state index contributed by atoms with van der Waals surface area (Å²) in [7, 11) is 2.99. The van der Waals surface area contributed by atoms with Crippen LogP contribution in [0.1, 0.15) is 31.2 Å². The standard InChI is InChI=1S/C17H22F3N3O3/c1-23(16(24)13-4-3-5-21-13)9-10-6-12(18)15(22-14(10)25-2)26-11-7-17(19,20)8-11/h6,11,13,21H,3-5,7-9H2,1-2H3/t13-/m0/s1. The Morgan fingerprint density at radius 1 is 1.42 bits per heavy atom. The average Bonchev–Trinajstić information content (AvgIpc) is 3.09. The normalized spacial score (nSPS) is 22.0. The lowest BCUT2D eigenvalue weighted by Crippen LogP contribution is -2.43. The Morgan fingerprint density at radius 2 is 2.15 bits per heavy atom. The van der Waals surface area contributed by atoms with Crippen LogP contribution in [-0.2, 0) is 11.3 Å². The Morgan fingerprint density at radius 3 is 2.73 bits per heavy atom. The van der Waals surface area contributed by atoms with Crippen LogP contribution in [0, 0.1) is 5.82 Å². The van der Waals surface area contributed by atoms with E-state index in [1.54, 1.807) is 7.05 Å². The SMILES string of the molecule is COc1nc(OC2CC(F)(F)C2)c(F)cc1CN(C)C(=O)[C@@H]1CCCN1. The van der Waals surface area contributed by atoms with Crippen LogP contribution >= 0.6 is 0 Å². The molecule has 0 unspecified atom stereocenters. The number of amides is 1. The molecule has 0 radical (unpaired) electrons. The van der Waals surface area contributed by atoms with Gasteiger partial charge in [0.2, 0.25) is 11.8 Å². The molecule has 0 aromatic carbocycles. The summed E-state index contributed by atoms with van der Waals surface area (Å²) in [4.78, 5) is 17.8. The fourth-order valence-corrected chi connectivity index (χ4v) is 3.21. The number of hydrogen-bond acceptors (Lipinski definition) is 5. The summed E-state index contributed by atoms with van der Waals surface area (Å²) in [6.45, 7) is 0.919. The molecule has 26 heavy (non-hydrogen) atoms. The first-order chi connectivity index (χ1) is 12.3. The number of rotatable bonds is 6. The third-order valence-electron chi connectivity index (χ3n) is 4.65. The van der Waals surface area contributed by atoms with Gasteiger partial charge in [-0.2, -0.15) is 4.98 Å². The summed E-state index contributed by atoms with van der Waals surface area (Å²) < 4.78 is 50.4. The molecular formula is C17H22F3N3O3. The van der Waals surface area contributed by atoms with Crippen LogP contribution in [0.25, 0.3) is 0 Å². The first-order valence-corrected chi connectivity index (χ1v) is 8.55. The van der Waals surface area contributed by atoms with Gasteiger partial charge in [-0.05, 0) is 25.5 Å². The molecule has 3 rings (SSSR count). The lowest BCUT2D eigenvalue weighted by atomic mass is 9.91. The first kappa shape index (κ1) is 18.8. The number of hydrogen-bond donors (Lipinski definition) is 1. The van der Waals surface area contributed by atoms with Crippen LogP contribution in [-0.4, -0.2) is 54.6 Å². The molecule has 1 N–H and O–H groups in total. The summed E-state index contributed by atoms with van der Waals surface area (Å²) >= 11 is 0. The molecule has 2 fully saturated rings. The molecular weight excluding hydrogens is 351 g/mol. The second kappa shape index (κ2) is 7.30. The number of alkyl halides is 2. The van der Waals surface area contributed by atoms with E-state index in [1.165, 1.54) is 18.1 Å². The van der Waals surface area contributed by atoms with Gasteiger partial charge in [-0.1, -0.05) is 0 Å². The fourth-order valence-electron chi connectivity index (χ4n) is 3.21. The summed E-state index contributed by atoms with van der Waals surface area (Å²) in [6.07, 6.45) is 0.0373. The summed E-state index contributed by atoms with van der Waals surface area (Å²) in [5, 5.41) is 3.12. The van der Waals surface area contributed by atoms with Gasteiger partial charge in [-0.3, -0.25) is 4.79 Å². The number of nitrogens with one attached hydrogen (secondary N) is 1.